The molecule has 0 bridgehead atoms. The van der Waals surface area contributed by atoms with Crippen molar-refractivity contribution >= 4 is 45.0 Å². The van der Waals surface area contributed by atoms with Gasteiger partial charge in [-0.25, -0.2) is 8.42 Å². The zero-order valence-electron chi connectivity index (χ0n) is 18.7. The van der Waals surface area contributed by atoms with Gasteiger partial charge in [0.1, 0.15) is 6.04 Å². The number of carbonyl (C=O) groups is 2. The van der Waals surface area contributed by atoms with E-state index in [1.54, 1.807) is 34.9 Å². The summed E-state index contributed by atoms with van der Waals surface area (Å²) in [6, 6.07) is 11.2. The zero-order chi connectivity index (χ0) is 23.5. The number of hydrogen-bond donors (Lipinski definition) is 2. The maximum absolute atomic E-state index is 13.1. The lowest BCUT2D eigenvalue weighted by Crippen LogP contribution is -2.44. The molecule has 32 heavy (non-hydrogen) atoms. The second-order valence-corrected chi connectivity index (χ2v) is 10.8. The van der Waals surface area contributed by atoms with Gasteiger partial charge in [0.2, 0.25) is 21.8 Å². The van der Waals surface area contributed by atoms with E-state index < -0.39 is 22.0 Å². The number of carbonyl (C=O) groups excluding carboxylic acids is 2. The maximum atomic E-state index is 13.1. The van der Waals surface area contributed by atoms with Crippen molar-refractivity contribution in [1.82, 2.24) is 4.72 Å². The van der Waals surface area contributed by atoms with Gasteiger partial charge in [0.05, 0.1) is 4.90 Å². The Morgan fingerprint density at radius 1 is 1.16 bits per heavy atom. The molecule has 0 spiro atoms. The highest BCUT2D eigenvalue weighted by molar-refractivity contribution is 7.98. The summed E-state index contributed by atoms with van der Waals surface area (Å²) in [6.45, 7) is 5.91. The predicted octanol–water partition coefficient (Wildman–Crippen LogP) is 3.65. The average molecular weight is 476 g/mol. The first-order valence-electron chi connectivity index (χ1n) is 10.5. The largest absolute Gasteiger partial charge is 0.325 e. The normalized spacial score (nSPS) is 14.3. The van der Waals surface area contributed by atoms with Gasteiger partial charge in [-0.05, 0) is 67.0 Å². The first kappa shape index (κ1) is 24.3. The van der Waals surface area contributed by atoms with Crippen molar-refractivity contribution in [3.63, 3.8) is 0 Å². The molecule has 0 radical (unpaired) electrons. The molecule has 172 valence electrons. The number of nitrogens with one attached hydrogen (secondary N) is 2. The number of fused-ring (bicyclic) bond motifs is 1. The lowest BCUT2D eigenvalue weighted by atomic mass is 10.0. The van der Waals surface area contributed by atoms with Crippen molar-refractivity contribution in [1.29, 1.82) is 0 Å². The molecule has 1 aliphatic rings. The fraction of sp³-hybridized carbons (Fsp3) is 0.391. The first-order chi connectivity index (χ1) is 15.1. The van der Waals surface area contributed by atoms with E-state index in [-0.39, 0.29) is 16.7 Å². The minimum atomic E-state index is -3.93. The number of rotatable bonds is 8. The Morgan fingerprint density at radius 3 is 2.56 bits per heavy atom. The van der Waals surface area contributed by atoms with Crippen molar-refractivity contribution in [3.05, 3.63) is 48.0 Å². The van der Waals surface area contributed by atoms with Gasteiger partial charge in [0, 0.05) is 29.7 Å². The second kappa shape index (κ2) is 10.1. The van der Waals surface area contributed by atoms with Crippen molar-refractivity contribution in [2.75, 3.05) is 23.0 Å². The molecule has 2 N–H and O–H groups in total. The smallest absolute Gasteiger partial charge is 0.242 e. The predicted molar refractivity (Wildman–Crippen MR) is 129 cm³/mol. The molecule has 2 amide bonds. The summed E-state index contributed by atoms with van der Waals surface area (Å²) in [4.78, 5) is 27.5. The Bertz CT molecular complexity index is 1120. The minimum Gasteiger partial charge on any atom is -0.325 e. The summed E-state index contributed by atoms with van der Waals surface area (Å²) < 4.78 is 28.8. The molecule has 2 aromatic rings. The third kappa shape index (κ3) is 5.70. The first-order valence-corrected chi connectivity index (χ1v) is 13.2. The van der Waals surface area contributed by atoms with Crippen LogP contribution in [-0.4, -0.2) is 39.1 Å². The van der Waals surface area contributed by atoms with Crippen molar-refractivity contribution in [3.8, 4) is 0 Å². The minimum absolute atomic E-state index is 0.0725. The molecule has 0 saturated heterocycles. The molecule has 0 unspecified atom stereocenters. The van der Waals surface area contributed by atoms with E-state index in [4.69, 9.17) is 0 Å². The van der Waals surface area contributed by atoms with Crippen LogP contribution in [-0.2, 0) is 26.0 Å². The third-order valence-electron chi connectivity index (χ3n) is 5.30. The molecule has 1 atom stereocenters. The van der Waals surface area contributed by atoms with E-state index in [0.717, 1.165) is 16.1 Å². The van der Waals surface area contributed by atoms with Crippen molar-refractivity contribution in [2.24, 2.45) is 5.92 Å². The van der Waals surface area contributed by atoms with E-state index in [1.807, 2.05) is 38.3 Å². The average Bonchev–Trinajstić information content (AvgIpc) is 3.16. The van der Waals surface area contributed by atoms with Gasteiger partial charge in [-0.2, -0.15) is 4.72 Å². The maximum Gasteiger partial charge on any atom is 0.242 e. The molecule has 7 nitrogen and oxygen atoms in total. The van der Waals surface area contributed by atoms with E-state index in [9.17, 15) is 18.0 Å². The van der Waals surface area contributed by atoms with Crippen molar-refractivity contribution in [2.45, 2.75) is 49.4 Å². The zero-order valence-corrected chi connectivity index (χ0v) is 20.3. The highest BCUT2D eigenvalue weighted by Gasteiger charge is 2.29. The van der Waals surface area contributed by atoms with Gasteiger partial charge < -0.3 is 10.2 Å². The molecular weight excluding hydrogens is 446 g/mol. The Balaban J connectivity index is 1.81. The van der Waals surface area contributed by atoms with Gasteiger partial charge in [-0.1, -0.05) is 19.9 Å². The third-order valence-corrected chi connectivity index (χ3v) is 7.49. The lowest BCUT2D eigenvalue weighted by Gasteiger charge is -2.21. The molecule has 2 aromatic carbocycles. The van der Waals surface area contributed by atoms with Crippen LogP contribution in [0.1, 0.15) is 32.8 Å². The van der Waals surface area contributed by atoms with Gasteiger partial charge in [-0.15, -0.1) is 11.8 Å². The number of benzene rings is 2. The topological polar surface area (TPSA) is 95.6 Å². The van der Waals surface area contributed by atoms with Crippen molar-refractivity contribution < 1.29 is 18.0 Å². The number of sulfonamides is 1. The number of hydrogen-bond acceptors (Lipinski definition) is 5. The highest BCUT2D eigenvalue weighted by atomic mass is 32.2. The van der Waals surface area contributed by atoms with Crippen LogP contribution in [0.25, 0.3) is 0 Å². The summed E-state index contributed by atoms with van der Waals surface area (Å²) in [5.41, 5.74) is 2.17. The molecule has 3 rings (SSSR count). The van der Waals surface area contributed by atoms with Crippen LogP contribution in [0.3, 0.4) is 0 Å². The monoisotopic (exact) mass is 475 g/mol. The molecule has 0 aliphatic carbocycles. The summed E-state index contributed by atoms with van der Waals surface area (Å²) in [5.74, 6) is -0.365. The molecule has 0 saturated carbocycles. The van der Waals surface area contributed by atoms with E-state index in [0.29, 0.717) is 25.1 Å². The summed E-state index contributed by atoms with van der Waals surface area (Å²) >= 11 is 1.56. The molecule has 0 fully saturated rings. The summed E-state index contributed by atoms with van der Waals surface area (Å²) in [6.07, 6.45) is 2.90. The highest BCUT2D eigenvalue weighted by Crippen LogP contribution is 2.30. The van der Waals surface area contributed by atoms with Crippen LogP contribution in [0.4, 0.5) is 11.4 Å². The fourth-order valence-electron chi connectivity index (χ4n) is 3.74. The van der Waals surface area contributed by atoms with Gasteiger partial charge in [0.25, 0.3) is 0 Å². The standard InChI is InChI=1S/C23H29N3O4S2/c1-15(2)12-21(23(28)24-18-6-5-7-19(14-18)31-4)25-32(29,30)20-8-9-22-17(13-20)10-11-26(22)16(3)27/h5-9,13-15,21,25H,10-12H2,1-4H3,(H,24,28)/t21-/m1/s1. The lowest BCUT2D eigenvalue weighted by molar-refractivity contribution is -0.118. The van der Waals surface area contributed by atoms with Crippen LogP contribution < -0.4 is 14.9 Å². The van der Waals surface area contributed by atoms with Crippen LogP contribution in [0, 0.1) is 5.92 Å². The van der Waals surface area contributed by atoms with Crippen LogP contribution in [0.2, 0.25) is 0 Å². The molecule has 0 aromatic heterocycles. The Labute approximate surface area is 194 Å². The molecular formula is C23H29N3O4S2. The molecule has 1 aliphatic heterocycles. The Hall–Kier alpha value is -2.36. The van der Waals surface area contributed by atoms with E-state index in [2.05, 4.69) is 10.0 Å². The Kier molecular flexibility index (Phi) is 7.63. The van der Waals surface area contributed by atoms with Crippen LogP contribution in [0.15, 0.2) is 52.3 Å². The van der Waals surface area contributed by atoms with Crippen LogP contribution >= 0.6 is 11.8 Å². The van der Waals surface area contributed by atoms with Gasteiger partial charge >= 0.3 is 0 Å². The Morgan fingerprint density at radius 2 is 1.91 bits per heavy atom. The number of nitrogens with zero attached hydrogens (tertiary/aromatic N) is 1. The summed E-state index contributed by atoms with van der Waals surface area (Å²) in [5, 5.41) is 2.83. The summed E-state index contributed by atoms with van der Waals surface area (Å²) in [7, 11) is -3.93. The second-order valence-electron chi connectivity index (χ2n) is 8.24. The van der Waals surface area contributed by atoms with Crippen LogP contribution in [0.5, 0.6) is 0 Å². The molecule has 9 heteroatoms. The SMILES string of the molecule is CSc1cccc(NC(=O)[C@@H](CC(C)C)NS(=O)(=O)c2ccc3c(c2)CCN3C(C)=O)c1. The number of thioether (sulfide) groups is 1. The van der Waals surface area contributed by atoms with E-state index >= 15 is 0 Å². The quantitative estimate of drug-likeness (QED) is 0.568. The molecule has 1 heterocycles. The van der Waals surface area contributed by atoms with Gasteiger partial charge in [0.15, 0.2) is 0 Å². The van der Waals surface area contributed by atoms with Gasteiger partial charge in [-0.3, -0.25) is 9.59 Å². The number of amides is 2. The van der Waals surface area contributed by atoms with E-state index in [1.165, 1.54) is 13.0 Å². The fourth-order valence-corrected chi connectivity index (χ4v) is 5.46. The number of anilines is 2.